The van der Waals surface area contributed by atoms with E-state index in [0.29, 0.717) is 19.1 Å². The topological polar surface area (TPSA) is 109 Å². The molecule has 0 radical (unpaired) electrons. The van der Waals surface area contributed by atoms with Crippen LogP contribution in [0.3, 0.4) is 0 Å². The van der Waals surface area contributed by atoms with E-state index in [-0.39, 0.29) is 17.3 Å². The lowest BCUT2D eigenvalue weighted by Gasteiger charge is -2.33. The van der Waals surface area contributed by atoms with E-state index in [1.165, 1.54) is 6.92 Å². The summed E-state index contributed by atoms with van der Waals surface area (Å²) in [5.74, 6) is -2.80. The number of carbonyl (C=O) groups excluding carboxylic acids is 4. The average molecular weight is 418 g/mol. The molecule has 0 saturated carbocycles. The molecule has 0 aromatic rings. The molecule has 3 rings (SSSR count). The van der Waals surface area contributed by atoms with E-state index in [1.54, 1.807) is 26.0 Å². The van der Waals surface area contributed by atoms with Gasteiger partial charge in [0.15, 0.2) is 17.8 Å². The molecule has 0 amide bonds. The number of aldehydes is 1. The summed E-state index contributed by atoms with van der Waals surface area (Å²) in [6, 6.07) is 0. The third kappa shape index (κ3) is 4.09. The molecular formula is C22H26O8. The standard InChI is InChI=1S/C22H26O8/c1-11-7-6-8-15(10-23)18(27-14(4)24)19(29-21(26)22(5)13(3)30-22)17-12(2)20(25)28-16(17)9-11/h8-10,13,16-19H,2,6-7H2,1,3-5H3/b11-9-,15-8-/t13-,16-,17+,18+,19+,22+/m1/s1. The van der Waals surface area contributed by atoms with Gasteiger partial charge in [-0.05, 0) is 39.7 Å². The molecule has 3 aliphatic rings. The van der Waals surface area contributed by atoms with Gasteiger partial charge in [0.2, 0.25) is 0 Å². The summed E-state index contributed by atoms with van der Waals surface area (Å²) in [6.07, 6.45) is 1.59. The van der Waals surface area contributed by atoms with Gasteiger partial charge in [0.1, 0.15) is 12.4 Å². The molecule has 0 bridgehead atoms. The first-order chi connectivity index (χ1) is 14.1. The Kier molecular flexibility index (Phi) is 5.99. The first-order valence-corrected chi connectivity index (χ1v) is 9.87. The largest absolute Gasteiger partial charge is 0.455 e. The average Bonchev–Trinajstić information content (AvgIpc) is 3.20. The zero-order chi connectivity index (χ0) is 22.2. The fourth-order valence-corrected chi connectivity index (χ4v) is 3.81. The fraction of sp³-hybridized carbons (Fsp3) is 0.545. The van der Waals surface area contributed by atoms with Gasteiger partial charge < -0.3 is 18.9 Å². The molecule has 1 aliphatic carbocycles. The van der Waals surface area contributed by atoms with E-state index in [2.05, 4.69) is 6.58 Å². The van der Waals surface area contributed by atoms with Crippen LogP contribution in [0.1, 0.15) is 40.5 Å². The number of fused-ring (bicyclic) bond motifs is 1. The Morgan fingerprint density at radius 1 is 1.33 bits per heavy atom. The maximum Gasteiger partial charge on any atom is 0.341 e. The Balaban J connectivity index is 2.09. The fourth-order valence-electron chi connectivity index (χ4n) is 3.81. The second-order valence-corrected chi connectivity index (χ2v) is 8.06. The van der Waals surface area contributed by atoms with Crippen LogP contribution in [0.2, 0.25) is 0 Å². The van der Waals surface area contributed by atoms with Crippen molar-refractivity contribution in [2.75, 3.05) is 0 Å². The number of ether oxygens (including phenoxy) is 4. The summed E-state index contributed by atoms with van der Waals surface area (Å²) in [5, 5.41) is 0. The van der Waals surface area contributed by atoms with Crippen LogP contribution in [0.5, 0.6) is 0 Å². The van der Waals surface area contributed by atoms with Crippen LogP contribution in [0, 0.1) is 5.92 Å². The SMILES string of the molecule is C=C1C(=O)O[C@@H]2/C=C(/C)CC/C=C(/C=O)[C@H](OC(C)=O)[C@@H](OC(=O)[C@@]3(C)O[C@@H]3C)[C@@H]12. The maximum atomic E-state index is 12.9. The molecule has 2 aliphatic heterocycles. The Morgan fingerprint density at radius 3 is 2.57 bits per heavy atom. The first kappa shape index (κ1) is 22.0. The lowest BCUT2D eigenvalue weighted by molar-refractivity contribution is -0.172. The second kappa shape index (κ2) is 8.18. The Hall–Kier alpha value is -2.74. The summed E-state index contributed by atoms with van der Waals surface area (Å²) < 4.78 is 22.0. The van der Waals surface area contributed by atoms with E-state index in [9.17, 15) is 19.2 Å². The zero-order valence-electron chi connectivity index (χ0n) is 17.5. The monoisotopic (exact) mass is 418 g/mol. The van der Waals surface area contributed by atoms with Crippen molar-refractivity contribution < 1.29 is 38.1 Å². The predicted octanol–water partition coefficient (Wildman–Crippen LogP) is 1.97. The summed E-state index contributed by atoms with van der Waals surface area (Å²) in [5.41, 5.74) is 0.0297. The van der Waals surface area contributed by atoms with Crippen LogP contribution in [0.25, 0.3) is 0 Å². The molecular weight excluding hydrogens is 392 g/mol. The van der Waals surface area contributed by atoms with Crippen molar-refractivity contribution >= 4 is 24.2 Å². The molecule has 30 heavy (non-hydrogen) atoms. The Bertz CT molecular complexity index is 853. The van der Waals surface area contributed by atoms with Gasteiger partial charge in [-0.15, -0.1) is 0 Å². The first-order valence-electron chi connectivity index (χ1n) is 9.87. The highest BCUT2D eigenvalue weighted by molar-refractivity contribution is 5.92. The minimum atomic E-state index is -1.22. The van der Waals surface area contributed by atoms with Crippen molar-refractivity contribution in [2.45, 2.75) is 70.6 Å². The number of hydrogen-bond acceptors (Lipinski definition) is 8. The van der Waals surface area contributed by atoms with Gasteiger partial charge in [0.05, 0.1) is 12.0 Å². The molecule has 0 unspecified atom stereocenters. The van der Waals surface area contributed by atoms with Gasteiger partial charge in [0.25, 0.3) is 0 Å². The maximum absolute atomic E-state index is 12.9. The van der Waals surface area contributed by atoms with E-state index >= 15 is 0 Å². The van der Waals surface area contributed by atoms with Gasteiger partial charge in [-0.25, -0.2) is 9.59 Å². The third-order valence-corrected chi connectivity index (χ3v) is 5.83. The molecule has 0 aromatic carbocycles. The van der Waals surface area contributed by atoms with Crippen molar-refractivity contribution in [1.29, 1.82) is 0 Å². The number of allylic oxidation sites excluding steroid dienone is 2. The number of esters is 3. The third-order valence-electron chi connectivity index (χ3n) is 5.83. The lowest BCUT2D eigenvalue weighted by atomic mass is 9.83. The summed E-state index contributed by atoms with van der Waals surface area (Å²) in [6.45, 7) is 10.2. The normalized spacial score (nSPS) is 39.4. The van der Waals surface area contributed by atoms with Crippen molar-refractivity contribution in [2.24, 2.45) is 5.92 Å². The van der Waals surface area contributed by atoms with Gasteiger partial charge >= 0.3 is 17.9 Å². The molecule has 0 N–H and O–H groups in total. The molecule has 2 heterocycles. The molecule has 6 atom stereocenters. The summed E-state index contributed by atoms with van der Waals surface area (Å²) in [7, 11) is 0. The van der Waals surface area contributed by atoms with Gasteiger partial charge in [0, 0.05) is 18.1 Å². The van der Waals surface area contributed by atoms with E-state index < -0.39 is 47.7 Å². The van der Waals surface area contributed by atoms with Crippen LogP contribution in [-0.2, 0) is 38.1 Å². The van der Waals surface area contributed by atoms with Crippen molar-refractivity contribution in [3.8, 4) is 0 Å². The van der Waals surface area contributed by atoms with E-state index in [0.717, 1.165) is 5.57 Å². The minimum absolute atomic E-state index is 0.0831. The van der Waals surface area contributed by atoms with Gasteiger partial charge in [-0.2, -0.15) is 0 Å². The van der Waals surface area contributed by atoms with Crippen LogP contribution in [0.4, 0.5) is 0 Å². The molecule has 2 fully saturated rings. The summed E-state index contributed by atoms with van der Waals surface area (Å²) in [4.78, 5) is 48.9. The quantitative estimate of drug-likeness (QED) is 0.170. The van der Waals surface area contributed by atoms with Crippen molar-refractivity contribution in [3.05, 3.63) is 35.5 Å². The molecule has 162 valence electrons. The van der Waals surface area contributed by atoms with Gasteiger partial charge in [-0.3, -0.25) is 9.59 Å². The van der Waals surface area contributed by atoms with Crippen LogP contribution in [-0.4, -0.2) is 54.2 Å². The number of epoxide rings is 1. The lowest BCUT2D eigenvalue weighted by Crippen LogP contribution is -2.47. The Morgan fingerprint density at radius 2 is 2.00 bits per heavy atom. The highest BCUT2D eigenvalue weighted by Crippen LogP contribution is 2.41. The highest BCUT2D eigenvalue weighted by atomic mass is 16.7. The van der Waals surface area contributed by atoms with E-state index in [1.807, 2.05) is 6.92 Å². The molecule has 0 aromatic heterocycles. The molecule has 2 saturated heterocycles. The molecule has 8 nitrogen and oxygen atoms in total. The van der Waals surface area contributed by atoms with Gasteiger partial charge in [-0.1, -0.05) is 18.2 Å². The smallest absolute Gasteiger partial charge is 0.341 e. The molecule has 8 heteroatoms. The predicted molar refractivity (Wildman–Crippen MR) is 104 cm³/mol. The summed E-state index contributed by atoms with van der Waals surface area (Å²) >= 11 is 0. The highest BCUT2D eigenvalue weighted by Gasteiger charge is 2.59. The minimum Gasteiger partial charge on any atom is -0.455 e. The Labute approximate surface area is 174 Å². The van der Waals surface area contributed by atoms with Crippen LogP contribution >= 0.6 is 0 Å². The second-order valence-electron chi connectivity index (χ2n) is 8.06. The van der Waals surface area contributed by atoms with Crippen LogP contribution in [0.15, 0.2) is 35.5 Å². The van der Waals surface area contributed by atoms with Crippen molar-refractivity contribution in [3.63, 3.8) is 0 Å². The van der Waals surface area contributed by atoms with Crippen LogP contribution < -0.4 is 0 Å². The number of rotatable bonds is 4. The van der Waals surface area contributed by atoms with E-state index in [4.69, 9.17) is 18.9 Å². The molecule has 0 spiro atoms. The number of carbonyl (C=O) groups is 4. The zero-order valence-corrected chi connectivity index (χ0v) is 17.5. The van der Waals surface area contributed by atoms with Crippen molar-refractivity contribution in [1.82, 2.24) is 0 Å². The number of hydrogen-bond donors (Lipinski definition) is 0.